The maximum Gasteiger partial charge on any atom is 0.336 e. The summed E-state index contributed by atoms with van der Waals surface area (Å²) in [6.07, 6.45) is 0. The quantitative estimate of drug-likeness (QED) is 0.632. The van der Waals surface area contributed by atoms with Crippen LogP contribution in [0.4, 0.5) is 0 Å². The molecule has 0 saturated heterocycles. The highest BCUT2D eigenvalue weighted by molar-refractivity contribution is 7.80. The van der Waals surface area contributed by atoms with Crippen molar-refractivity contribution in [1.82, 2.24) is 0 Å². The van der Waals surface area contributed by atoms with Gasteiger partial charge < -0.3 is 10.2 Å². The largest absolute Gasteiger partial charge is 0.478 e. The average molecular weight is 324 g/mol. The monoisotopic (exact) mass is 324 g/mol. The molecule has 0 bridgehead atoms. The lowest BCUT2D eigenvalue weighted by Gasteiger charge is -2.12. The Labute approximate surface area is 137 Å². The standard InChI is InChI=1S/C18H12O4S/c19-17(20)11-5-6-14(18(21)22)15(8-11)16-9-12(23)7-10-3-1-2-4-13(10)16/h1-9,23H,(H,19,20)(H,21,22). The SMILES string of the molecule is O=C(O)c1ccc(C(=O)O)c(-c2cc(S)cc3ccccc23)c1. The second kappa shape index (κ2) is 5.78. The van der Waals surface area contributed by atoms with E-state index in [2.05, 4.69) is 12.6 Å². The number of rotatable bonds is 3. The summed E-state index contributed by atoms with van der Waals surface area (Å²) in [5.41, 5.74) is 1.11. The van der Waals surface area contributed by atoms with Crippen LogP contribution in [0.3, 0.4) is 0 Å². The molecule has 0 spiro atoms. The molecule has 114 valence electrons. The van der Waals surface area contributed by atoms with Gasteiger partial charge in [-0.25, -0.2) is 9.59 Å². The maximum absolute atomic E-state index is 11.5. The number of hydrogen-bond acceptors (Lipinski definition) is 3. The number of benzene rings is 3. The van der Waals surface area contributed by atoms with Crippen LogP contribution in [0, 0.1) is 0 Å². The zero-order chi connectivity index (χ0) is 16.6. The Morgan fingerprint density at radius 1 is 0.826 bits per heavy atom. The van der Waals surface area contributed by atoms with Crippen LogP contribution < -0.4 is 0 Å². The van der Waals surface area contributed by atoms with E-state index in [1.165, 1.54) is 18.2 Å². The Morgan fingerprint density at radius 2 is 1.57 bits per heavy atom. The van der Waals surface area contributed by atoms with Crippen molar-refractivity contribution in [1.29, 1.82) is 0 Å². The highest BCUT2D eigenvalue weighted by Gasteiger charge is 2.17. The van der Waals surface area contributed by atoms with E-state index in [1.54, 1.807) is 6.07 Å². The lowest BCUT2D eigenvalue weighted by molar-refractivity contribution is 0.0682. The molecule has 0 radical (unpaired) electrons. The molecule has 3 aromatic rings. The molecule has 3 aromatic carbocycles. The summed E-state index contributed by atoms with van der Waals surface area (Å²) in [6, 6.07) is 15.1. The van der Waals surface area contributed by atoms with Crippen molar-refractivity contribution in [2.24, 2.45) is 0 Å². The van der Waals surface area contributed by atoms with Gasteiger partial charge >= 0.3 is 11.9 Å². The molecule has 3 rings (SSSR count). The Bertz CT molecular complexity index is 947. The fourth-order valence-corrected chi connectivity index (χ4v) is 2.87. The van der Waals surface area contributed by atoms with Gasteiger partial charge in [0.1, 0.15) is 0 Å². The van der Waals surface area contributed by atoms with Crippen molar-refractivity contribution in [3.05, 3.63) is 65.7 Å². The predicted octanol–water partition coefficient (Wildman–Crippen LogP) is 4.19. The molecule has 0 atom stereocenters. The highest BCUT2D eigenvalue weighted by Crippen LogP contribution is 2.34. The highest BCUT2D eigenvalue weighted by atomic mass is 32.1. The Kier molecular flexibility index (Phi) is 3.80. The molecule has 0 heterocycles. The van der Waals surface area contributed by atoms with E-state index < -0.39 is 11.9 Å². The van der Waals surface area contributed by atoms with E-state index >= 15 is 0 Å². The van der Waals surface area contributed by atoms with Gasteiger partial charge in [-0.2, -0.15) is 0 Å². The predicted molar refractivity (Wildman–Crippen MR) is 90.6 cm³/mol. The first kappa shape index (κ1) is 15.1. The van der Waals surface area contributed by atoms with Gasteiger partial charge in [-0.15, -0.1) is 12.6 Å². The van der Waals surface area contributed by atoms with Crippen molar-refractivity contribution in [2.45, 2.75) is 4.90 Å². The van der Waals surface area contributed by atoms with Crippen LogP contribution in [-0.2, 0) is 0 Å². The summed E-state index contributed by atoms with van der Waals surface area (Å²) >= 11 is 4.37. The maximum atomic E-state index is 11.5. The Morgan fingerprint density at radius 3 is 2.26 bits per heavy atom. The molecule has 0 saturated carbocycles. The zero-order valence-corrected chi connectivity index (χ0v) is 12.7. The normalized spacial score (nSPS) is 10.7. The number of carbonyl (C=O) groups is 2. The molecular formula is C18H12O4S. The Hall–Kier alpha value is -2.79. The molecule has 0 unspecified atom stereocenters. The molecule has 0 aliphatic rings. The minimum absolute atomic E-state index is 0.0404. The summed E-state index contributed by atoms with van der Waals surface area (Å²) in [7, 11) is 0. The Balaban J connectivity index is 2.39. The van der Waals surface area contributed by atoms with E-state index in [0.717, 1.165) is 10.8 Å². The second-order valence-electron chi connectivity index (χ2n) is 5.09. The van der Waals surface area contributed by atoms with E-state index in [9.17, 15) is 19.8 Å². The van der Waals surface area contributed by atoms with Crippen LogP contribution >= 0.6 is 12.6 Å². The van der Waals surface area contributed by atoms with Crippen molar-refractivity contribution < 1.29 is 19.8 Å². The summed E-state index contributed by atoms with van der Waals surface area (Å²) in [6.45, 7) is 0. The van der Waals surface area contributed by atoms with Crippen molar-refractivity contribution in [3.63, 3.8) is 0 Å². The summed E-state index contributed by atoms with van der Waals surface area (Å²) in [5.74, 6) is -2.21. The third-order valence-corrected chi connectivity index (χ3v) is 3.89. The van der Waals surface area contributed by atoms with E-state index in [4.69, 9.17) is 0 Å². The topological polar surface area (TPSA) is 74.6 Å². The van der Waals surface area contributed by atoms with Crippen molar-refractivity contribution >= 4 is 35.3 Å². The van der Waals surface area contributed by atoms with Crippen molar-refractivity contribution in [2.75, 3.05) is 0 Å². The van der Waals surface area contributed by atoms with Gasteiger partial charge in [0.25, 0.3) is 0 Å². The fourth-order valence-electron chi connectivity index (χ4n) is 2.60. The van der Waals surface area contributed by atoms with E-state index in [0.29, 0.717) is 16.0 Å². The van der Waals surface area contributed by atoms with Crippen LogP contribution in [0.2, 0.25) is 0 Å². The van der Waals surface area contributed by atoms with Gasteiger partial charge in [0.2, 0.25) is 0 Å². The minimum atomic E-state index is -1.11. The van der Waals surface area contributed by atoms with Gasteiger partial charge in [0, 0.05) is 4.90 Å². The van der Waals surface area contributed by atoms with Crippen LogP contribution in [0.1, 0.15) is 20.7 Å². The molecule has 5 heteroatoms. The van der Waals surface area contributed by atoms with Gasteiger partial charge in [-0.3, -0.25) is 0 Å². The number of carboxylic acid groups (broad SMARTS) is 2. The number of aromatic carboxylic acids is 2. The number of hydrogen-bond donors (Lipinski definition) is 3. The minimum Gasteiger partial charge on any atom is -0.478 e. The van der Waals surface area contributed by atoms with Crippen LogP contribution in [0.5, 0.6) is 0 Å². The van der Waals surface area contributed by atoms with Crippen LogP contribution in [0.15, 0.2) is 59.5 Å². The van der Waals surface area contributed by atoms with Crippen LogP contribution in [-0.4, -0.2) is 22.2 Å². The van der Waals surface area contributed by atoms with Gasteiger partial charge in [-0.05, 0) is 52.2 Å². The number of fused-ring (bicyclic) bond motifs is 1. The molecule has 0 aliphatic heterocycles. The summed E-state index contributed by atoms with van der Waals surface area (Å²) in [4.78, 5) is 23.4. The molecule has 2 N–H and O–H groups in total. The zero-order valence-electron chi connectivity index (χ0n) is 11.9. The van der Waals surface area contributed by atoms with Crippen LogP contribution in [0.25, 0.3) is 21.9 Å². The van der Waals surface area contributed by atoms with Gasteiger partial charge in [0.05, 0.1) is 11.1 Å². The van der Waals surface area contributed by atoms with Gasteiger partial charge in [-0.1, -0.05) is 24.3 Å². The second-order valence-corrected chi connectivity index (χ2v) is 5.60. The smallest absolute Gasteiger partial charge is 0.336 e. The molecule has 0 aliphatic carbocycles. The molecule has 0 aromatic heterocycles. The average Bonchev–Trinajstić information content (AvgIpc) is 2.53. The van der Waals surface area contributed by atoms with Gasteiger partial charge in [0.15, 0.2) is 0 Å². The fraction of sp³-hybridized carbons (Fsp3) is 0. The molecular weight excluding hydrogens is 312 g/mol. The molecule has 0 amide bonds. The number of thiol groups is 1. The third kappa shape index (κ3) is 2.78. The molecule has 0 fully saturated rings. The molecule has 4 nitrogen and oxygen atoms in total. The lowest BCUT2D eigenvalue weighted by atomic mass is 9.93. The first-order chi connectivity index (χ1) is 11.0. The first-order valence-corrected chi connectivity index (χ1v) is 7.25. The summed E-state index contributed by atoms with van der Waals surface area (Å²) in [5, 5.41) is 20.4. The van der Waals surface area contributed by atoms with Crippen molar-refractivity contribution in [3.8, 4) is 11.1 Å². The van der Waals surface area contributed by atoms with E-state index in [-0.39, 0.29) is 11.1 Å². The van der Waals surface area contributed by atoms with E-state index in [1.807, 2.05) is 30.3 Å². The molecule has 23 heavy (non-hydrogen) atoms. The first-order valence-electron chi connectivity index (χ1n) is 6.80. The summed E-state index contributed by atoms with van der Waals surface area (Å²) < 4.78 is 0. The number of carboxylic acids is 2. The lowest BCUT2D eigenvalue weighted by Crippen LogP contribution is -2.03. The third-order valence-electron chi connectivity index (χ3n) is 3.63.